The van der Waals surface area contributed by atoms with Crippen LogP contribution in [0.2, 0.25) is 0 Å². The minimum atomic E-state index is -3.81. The Kier molecular flexibility index (Phi) is 3.25. The molecule has 0 saturated carbocycles. The molecular weight excluding hydrogens is 232 g/mol. The predicted octanol–water partition coefficient (Wildman–Crippen LogP) is 1.03. The Morgan fingerprint density at radius 3 is 2.31 bits per heavy atom. The number of hydrogen-bond acceptors (Lipinski definition) is 5. The molecule has 0 bridgehead atoms. The van der Waals surface area contributed by atoms with Gasteiger partial charge in [-0.15, -0.1) is 0 Å². The third-order valence-electron chi connectivity index (χ3n) is 2.11. The van der Waals surface area contributed by atoms with Crippen LogP contribution < -0.4 is 0 Å². The van der Waals surface area contributed by atoms with Crippen molar-refractivity contribution in [2.75, 3.05) is 13.2 Å². The van der Waals surface area contributed by atoms with Gasteiger partial charge >= 0.3 is 10.1 Å². The molecule has 1 aromatic rings. The number of hydrogen-bond donors (Lipinski definition) is 0. The van der Waals surface area contributed by atoms with Crippen molar-refractivity contribution in [1.82, 2.24) is 0 Å². The molecule has 0 radical (unpaired) electrons. The van der Waals surface area contributed by atoms with Crippen LogP contribution in [0.5, 0.6) is 0 Å². The fourth-order valence-electron chi connectivity index (χ4n) is 1.26. The summed E-state index contributed by atoms with van der Waals surface area (Å²) in [5, 5.41) is 0. The highest BCUT2D eigenvalue weighted by Gasteiger charge is 2.25. The van der Waals surface area contributed by atoms with E-state index < -0.39 is 16.6 Å². The van der Waals surface area contributed by atoms with Crippen LogP contribution in [-0.4, -0.2) is 28.1 Å². The molecule has 2 rings (SSSR count). The fourth-order valence-corrected chi connectivity index (χ4v) is 2.15. The molecule has 0 atom stereocenters. The molecule has 1 fully saturated rings. The van der Waals surface area contributed by atoms with Gasteiger partial charge < -0.3 is 9.47 Å². The highest BCUT2D eigenvalue weighted by molar-refractivity contribution is 7.86. The minimum Gasteiger partial charge on any atom is -0.327 e. The number of benzene rings is 1. The Morgan fingerprint density at radius 2 is 1.75 bits per heavy atom. The van der Waals surface area contributed by atoms with Crippen LogP contribution in [0.25, 0.3) is 0 Å². The van der Waals surface area contributed by atoms with Gasteiger partial charge in [0.05, 0.1) is 18.1 Å². The molecule has 5 nitrogen and oxygen atoms in total. The lowest BCUT2D eigenvalue weighted by Crippen LogP contribution is -2.18. The highest BCUT2D eigenvalue weighted by Crippen LogP contribution is 2.17. The number of rotatable bonds is 3. The van der Waals surface area contributed by atoms with Crippen molar-refractivity contribution in [1.29, 1.82) is 0 Å². The van der Waals surface area contributed by atoms with E-state index in [9.17, 15) is 8.42 Å². The van der Waals surface area contributed by atoms with E-state index in [0.29, 0.717) is 13.2 Å². The maximum absolute atomic E-state index is 11.7. The predicted molar refractivity (Wildman–Crippen MR) is 55.1 cm³/mol. The molecule has 88 valence electrons. The lowest BCUT2D eigenvalue weighted by molar-refractivity contribution is -0.173. The largest absolute Gasteiger partial charge is 0.327 e. The molecule has 0 amide bonds. The van der Waals surface area contributed by atoms with Crippen LogP contribution in [0.4, 0.5) is 0 Å². The molecule has 1 heterocycles. The maximum atomic E-state index is 11.7. The van der Waals surface area contributed by atoms with Gasteiger partial charge in [-0.25, -0.2) is 4.18 Å². The Balaban J connectivity index is 2.14. The monoisotopic (exact) mass is 244 g/mol. The first kappa shape index (κ1) is 11.5. The second-order valence-electron chi connectivity index (χ2n) is 3.39. The van der Waals surface area contributed by atoms with Crippen molar-refractivity contribution in [3.05, 3.63) is 29.8 Å². The van der Waals surface area contributed by atoms with Gasteiger partial charge in [-0.05, 0) is 19.1 Å². The van der Waals surface area contributed by atoms with Crippen molar-refractivity contribution in [3.63, 3.8) is 0 Å². The maximum Gasteiger partial charge on any atom is 0.301 e. The molecule has 0 unspecified atom stereocenters. The van der Waals surface area contributed by atoms with Gasteiger partial charge in [0.15, 0.2) is 0 Å². The van der Waals surface area contributed by atoms with Gasteiger partial charge in [-0.3, -0.25) is 0 Å². The van der Waals surface area contributed by atoms with Crippen LogP contribution >= 0.6 is 0 Å². The summed E-state index contributed by atoms with van der Waals surface area (Å²) < 4.78 is 38.0. The quantitative estimate of drug-likeness (QED) is 0.743. The van der Waals surface area contributed by atoms with E-state index in [0.717, 1.165) is 5.56 Å². The third kappa shape index (κ3) is 2.59. The molecule has 1 aliphatic heterocycles. The second-order valence-corrected chi connectivity index (χ2v) is 4.97. The van der Waals surface area contributed by atoms with Gasteiger partial charge in [-0.2, -0.15) is 8.42 Å². The zero-order valence-electron chi connectivity index (χ0n) is 8.75. The Hall–Kier alpha value is -0.950. The summed E-state index contributed by atoms with van der Waals surface area (Å²) in [5.74, 6) is 0. The van der Waals surface area contributed by atoms with Gasteiger partial charge in [0, 0.05) is 0 Å². The first-order valence-electron chi connectivity index (χ1n) is 4.81. The summed E-state index contributed by atoms with van der Waals surface area (Å²) in [7, 11) is -3.81. The molecule has 0 aromatic heterocycles. The first-order chi connectivity index (χ1) is 7.58. The zero-order chi connectivity index (χ0) is 11.6. The lowest BCUT2D eigenvalue weighted by atomic mass is 10.2. The van der Waals surface area contributed by atoms with Crippen molar-refractivity contribution in [2.24, 2.45) is 0 Å². The highest BCUT2D eigenvalue weighted by atomic mass is 32.2. The Labute approximate surface area is 94.1 Å². The molecule has 1 saturated heterocycles. The fraction of sp³-hybridized carbons (Fsp3) is 0.400. The van der Waals surface area contributed by atoms with Crippen molar-refractivity contribution in [2.45, 2.75) is 18.3 Å². The van der Waals surface area contributed by atoms with E-state index in [2.05, 4.69) is 0 Å². The first-order valence-corrected chi connectivity index (χ1v) is 6.22. The molecule has 0 aliphatic carbocycles. The molecule has 1 aromatic carbocycles. The molecule has 0 spiro atoms. The van der Waals surface area contributed by atoms with Crippen molar-refractivity contribution < 1.29 is 22.1 Å². The Morgan fingerprint density at radius 1 is 1.19 bits per heavy atom. The SMILES string of the molecule is Cc1ccc(S(=O)(=O)OC2OCCO2)cc1. The number of ether oxygens (including phenoxy) is 2. The van der Waals surface area contributed by atoms with Crippen molar-refractivity contribution >= 4 is 10.1 Å². The van der Waals surface area contributed by atoms with Crippen LogP contribution in [0, 0.1) is 6.92 Å². The smallest absolute Gasteiger partial charge is 0.301 e. The van der Waals surface area contributed by atoms with E-state index in [4.69, 9.17) is 13.7 Å². The van der Waals surface area contributed by atoms with Gasteiger partial charge in [-0.1, -0.05) is 17.7 Å². The van der Waals surface area contributed by atoms with E-state index in [1.54, 1.807) is 12.1 Å². The average molecular weight is 244 g/mol. The summed E-state index contributed by atoms with van der Waals surface area (Å²) in [6.45, 7) is 1.44. The molecular formula is C10H12O5S. The lowest BCUT2D eigenvalue weighted by Gasteiger charge is -2.10. The summed E-state index contributed by atoms with van der Waals surface area (Å²) in [4.78, 5) is 0.0946. The zero-order valence-corrected chi connectivity index (χ0v) is 9.57. The summed E-state index contributed by atoms with van der Waals surface area (Å²) in [6, 6.07) is 6.37. The molecule has 6 heteroatoms. The van der Waals surface area contributed by atoms with Crippen molar-refractivity contribution in [3.8, 4) is 0 Å². The summed E-state index contributed by atoms with van der Waals surface area (Å²) in [5.41, 5.74) is 0.979. The normalized spacial score (nSPS) is 17.8. The van der Waals surface area contributed by atoms with Crippen LogP contribution in [0.1, 0.15) is 5.56 Å². The topological polar surface area (TPSA) is 61.8 Å². The minimum absolute atomic E-state index is 0.0946. The van der Waals surface area contributed by atoms with E-state index in [1.165, 1.54) is 12.1 Å². The molecule has 16 heavy (non-hydrogen) atoms. The number of aryl methyl sites for hydroxylation is 1. The molecule has 0 N–H and O–H groups in total. The van der Waals surface area contributed by atoms with E-state index >= 15 is 0 Å². The van der Waals surface area contributed by atoms with Crippen LogP contribution in [-0.2, 0) is 23.8 Å². The van der Waals surface area contributed by atoms with Gasteiger partial charge in [0.1, 0.15) is 0 Å². The van der Waals surface area contributed by atoms with E-state index in [-0.39, 0.29) is 4.90 Å². The van der Waals surface area contributed by atoms with Crippen LogP contribution in [0.3, 0.4) is 0 Å². The average Bonchev–Trinajstić information content (AvgIpc) is 2.70. The summed E-state index contributed by atoms with van der Waals surface area (Å²) >= 11 is 0. The second kappa shape index (κ2) is 4.50. The van der Waals surface area contributed by atoms with Gasteiger partial charge in [0.25, 0.3) is 6.48 Å². The summed E-state index contributed by atoms with van der Waals surface area (Å²) in [6.07, 6.45) is 0. The van der Waals surface area contributed by atoms with E-state index in [1.807, 2.05) is 6.92 Å². The van der Waals surface area contributed by atoms with Gasteiger partial charge in [0.2, 0.25) is 0 Å². The Bertz CT molecular complexity index is 445. The standard InChI is InChI=1S/C10H12O5S/c1-8-2-4-9(5-3-8)16(11,12)15-10-13-6-7-14-10/h2-5,10H,6-7H2,1H3. The van der Waals surface area contributed by atoms with Crippen LogP contribution in [0.15, 0.2) is 29.2 Å². The molecule has 1 aliphatic rings. The third-order valence-corrected chi connectivity index (χ3v) is 3.37.